The highest BCUT2D eigenvalue weighted by atomic mass is 35.5. The van der Waals surface area contributed by atoms with Crippen molar-refractivity contribution in [2.45, 2.75) is 11.8 Å². The molecule has 2 aliphatic rings. The molecular formula is C15H13ClN5O4+. The number of amidine groups is 1. The summed E-state index contributed by atoms with van der Waals surface area (Å²) >= 11 is 6.21. The number of ether oxygens (including phenoxy) is 2. The minimum absolute atomic E-state index is 0.0275. The molecule has 3 atom stereocenters. The molecule has 0 aromatic heterocycles. The standard InChI is InChI=1S/C15H12ClN5O4/c1-24-15(25-2)14(7-18)11(13(14,6-17)12(19)20-15)9-4-3-8(21(22)23)5-10(9)16/h3-5,11H,1-2H3,(H2,19,20)/p+1/t11-,13-,14-/m1/s1. The normalized spacial score (nSPS) is 31.4. The van der Waals surface area contributed by atoms with Crippen LogP contribution in [0.1, 0.15) is 11.5 Å². The maximum Gasteiger partial charge on any atom is 0.342 e. The van der Waals surface area contributed by atoms with Gasteiger partial charge in [0.15, 0.2) is 10.8 Å². The second-order valence-electron chi connectivity index (χ2n) is 5.80. The van der Waals surface area contributed by atoms with Gasteiger partial charge in [0.1, 0.15) is 0 Å². The van der Waals surface area contributed by atoms with Gasteiger partial charge in [0.2, 0.25) is 0 Å². The average molecular weight is 363 g/mol. The molecule has 1 aromatic carbocycles. The van der Waals surface area contributed by atoms with Crippen LogP contribution in [0.4, 0.5) is 5.69 Å². The van der Waals surface area contributed by atoms with E-state index in [0.29, 0.717) is 5.56 Å². The molecule has 1 aromatic rings. The Labute approximate surface area is 147 Å². The minimum Gasteiger partial charge on any atom is -0.317 e. The topological polar surface area (TPSA) is 149 Å². The Kier molecular flexibility index (Phi) is 3.52. The van der Waals surface area contributed by atoms with Crippen LogP contribution in [0.3, 0.4) is 0 Å². The number of nitro benzene ring substituents is 1. The van der Waals surface area contributed by atoms with Crippen molar-refractivity contribution in [3.05, 3.63) is 38.9 Å². The first kappa shape index (κ1) is 17.1. The third-order valence-electron chi connectivity index (χ3n) is 5.08. The van der Waals surface area contributed by atoms with E-state index in [4.69, 9.17) is 26.8 Å². The quantitative estimate of drug-likeness (QED) is 0.426. The number of halogens is 1. The van der Waals surface area contributed by atoms with Crippen molar-refractivity contribution in [2.75, 3.05) is 14.2 Å². The fourth-order valence-corrected chi connectivity index (χ4v) is 4.23. The van der Waals surface area contributed by atoms with Crippen LogP contribution in [0, 0.1) is 43.6 Å². The van der Waals surface area contributed by atoms with E-state index in [0.717, 1.165) is 0 Å². The number of nitrogens with one attached hydrogen (secondary N) is 1. The molecule has 1 heterocycles. The van der Waals surface area contributed by atoms with Gasteiger partial charge in [0.25, 0.3) is 11.5 Å². The largest absolute Gasteiger partial charge is 0.342 e. The van der Waals surface area contributed by atoms with Crippen molar-refractivity contribution < 1.29 is 19.4 Å². The lowest BCUT2D eigenvalue weighted by atomic mass is 9.93. The van der Waals surface area contributed by atoms with E-state index >= 15 is 0 Å². The molecule has 3 rings (SSSR count). The van der Waals surface area contributed by atoms with E-state index in [-0.39, 0.29) is 16.5 Å². The molecule has 0 spiro atoms. The SMILES string of the molecule is COC1(OC)[NH+]=C(N)[C@@]2(C#N)[C@@H](c3ccc([N+](=O)[O-])cc3Cl)[C@@]12C#N. The smallest absolute Gasteiger partial charge is 0.317 e. The van der Waals surface area contributed by atoms with Crippen LogP contribution >= 0.6 is 11.6 Å². The summed E-state index contributed by atoms with van der Waals surface area (Å²) in [7, 11) is 2.65. The summed E-state index contributed by atoms with van der Waals surface area (Å²) in [6, 6.07) is 8.06. The number of hydrogen-bond acceptors (Lipinski definition) is 7. The van der Waals surface area contributed by atoms with Gasteiger partial charge < -0.3 is 9.47 Å². The van der Waals surface area contributed by atoms with Gasteiger partial charge in [-0.05, 0) is 5.56 Å². The van der Waals surface area contributed by atoms with Crippen molar-refractivity contribution in [2.24, 2.45) is 16.6 Å². The number of nitrogens with two attached hydrogens (primary N) is 1. The molecule has 0 radical (unpaired) electrons. The van der Waals surface area contributed by atoms with Crippen molar-refractivity contribution in [3.8, 4) is 12.1 Å². The monoisotopic (exact) mass is 362 g/mol. The van der Waals surface area contributed by atoms with E-state index in [1.807, 2.05) is 0 Å². The van der Waals surface area contributed by atoms with E-state index in [1.165, 1.54) is 32.4 Å². The number of rotatable bonds is 4. The van der Waals surface area contributed by atoms with Gasteiger partial charge in [-0.1, -0.05) is 17.7 Å². The summed E-state index contributed by atoms with van der Waals surface area (Å²) < 4.78 is 10.8. The van der Waals surface area contributed by atoms with Gasteiger partial charge in [0, 0.05) is 32.3 Å². The first-order chi connectivity index (χ1) is 11.8. The number of nitriles is 2. The Morgan fingerprint density at radius 2 is 2.00 bits per heavy atom. The summed E-state index contributed by atoms with van der Waals surface area (Å²) in [4.78, 5) is 13.1. The van der Waals surface area contributed by atoms with E-state index in [2.05, 4.69) is 17.1 Å². The van der Waals surface area contributed by atoms with E-state index < -0.39 is 27.6 Å². The zero-order valence-corrected chi connectivity index (χ0v) is 14.0. The van der Waals surface area contributed by atoms with Crippen molar-refractivity contribution in [1.29, 1.82) is 10.5 Å². The third kappa shape index (κ3) is 1.65. The van der Waals surface area contributed by atoms with Gasteiger partial charge in [0.05, 0.1) is 22.1 Å². The number of benzene rings is 1. The van der Waals surface area contributed by atoms with Crippen LogP contribution in [0.15, 0.2) is 18.2 Å². The summed E-state index contributed by atoms with van der Waals surface area (Å²) in [6.45, 7) is 0. The second-order valence-corrected chi connectivity index (χ2v) is 6.21. The Morgan fingerprint density at radius 1 is 1.36 bits per heavy atom. The van der Waals surface area contributed by atoms with Gasteiger partial charge in [-0.15, -0.1) is 0 Å². The number of methoxy groups -OCH3 is 2. The Morgan fingerprint density at radius 3 is 2.44 bits per heavy atom. The van der Waals surface area contributed by atoms with Gasteiger partial charge in [-0.25, -0.2) is 4.99 Å². The highest BCUT2D eigenvalue weighted by Crippen LogP contribution is 2.79. The molecule has 128 valence electrons. The minimum atomic E-state index is -1.64. The molecule has 1 aliphatic heterocycles. The van der Waals surface area contributed by atoms with E-state index in [1.54, 1.807) is 0 Å². The summed E-state index contributed by atoms with van der Waals surface area (Å²) in [5, 5.41) is 30.7. The maximum atomic E-state index is 10.9. The van der Waals surface area contributed by atoms with Crippen LogP contribution < -0.4 is 10.7 Å². The summed E-state index contributed by atoms with van der Waals surface area (Å²) in [6.07, 6.45) is 0. The van der Waals surface area contributed by atoms with Crippen molar-refractivity contribution in [3.63, 3.8) is 0 Å². The van der Waals surface area contributed by atoms with Crippen molar-refractivity contribution >= 4 is 23.1 Å². The summed E-state index contributed by atoms with van der Waals surface area (Å²) in [5.41, 5.74) is 3.28. The zero-order chi connectivity index (χ0) is 18.6. The van der Waals surface area contributed by atoms with Crippen LogP contribution in [-0.4, -0.2) is 30.9 Å². The van der Waals surface area contributed by atoms with Crippen LogP contribution in [0.2, 0.25) is 5.02 Å². The Hall–Kier alpha value is -2.72. The predicted octanol–water partition coefficient (Wildman–Crippen LogP) is -0.237. The van der Waals surface area contributed by atoms with Crippen LogP contribution in [-0.2, 0) is 9.47 Å². The van der Waals surface area contributed by atoms with Gasteiger partial charge in [-0.2, -0.15) is 10.5 Å². The lowest BCUT2D eigenvalue weighted by molar-refractivity contribution is -0.687. The molecular weight excluding hydrogens is 350 g/mol. The lowest BCUT2D eigenvalue weighted by Crippen LogP contribution is -2.90. The molecule has 1 fully saturated rings. The van der Waals surface area contributed by atoms with Gasteiger partial charge in [-0.3, -0.25) is 15.8 Å². The van der Waals surface area contributed by atoms with Crippen molar-refractivity contribution in [1.82, 2.24) is 0 Å². The molecule has 1 saturated carbocycles. The first-order valence-corrected chi connectivity index (χ1v) is 7.47. The third-order valence-corrected chi connectivity index (χ3v) is 5.41. The molecule has 25 heavy (non-hydrogen) atoms. The molecule has 0 bridgehead atoms. The first-order valence-electron chi connectivity index (χ1n) is 7.09. The lowest BCUT2D eigenvalue weighted by Gasteiger charge is -2.26. The molecule has 10 heteroatoms. The fraction of sp³-hybridized carbons (Fsp3) is 0.400. The molecule has 9 nitrogen and oxygen atoms in total. The Bertz CT molecular complexity index is 900. The highest BCUT2D eigenvalue weighted by molar-refractivity contribution is 6.31. The number of nitrogens with zero attached hydrogens (tertiary/aromatic N) is 3. The molecule has 3 N–H and O–H groups in total. The van der Waals surface area contributed by atoms with Gasteiger partial charge >= 0.3 is 5.91 Å². The van der Waals surface area contributed by atoms with E-state index in [9.17, 15) is 20.6 Å². The molecule has 1 aliphatic carbocycles. The number of non-ortho nitro benzene ring substituents is 1. The fourth-order valence-electron chi connectivity index (χ4n) is 3.94. The molecule has 0 amide bonds. The average Bonchev–Trinajstić information content (AvgIpc) is 3.16. The Balaban J connectivity index is 2.23. The molecule has 0 unspecified atom stereocenters. The maximum absolute atomic E-state index is 10.9. The second kappa shape index (κ2) is 5.14. The number of fused-ring (bicyclic) bond motifs is 1. The molecule has 0 saturated heterocycles. The zero-order valence-electron chi connectivity index (χ0n) is 13.2. The number of hydrogen-bond donors (Lipinski definition) is 2. The van der Waals surface area contributed by atoms with Crippen LogP contribution in [0.5, 0.6) is 0 Å². The predicted molar refractivity (Wildman–Crippen MR) is 83.8 cm³/mol. The summed E-state index contributed by atoms with van der Waals surface area (Å²) in [5.74, 6) is -2.39. The highest BCUT2D eigenvalue weighted by Gasteiger charge is 2.97. The van der Waals surface area contributed by atoms with Crippen LogP contribution in [0.25, 0.3) is 0 Å². The number of nitro groups is 1.